The Morgan fingerprint density at radius 1 is 1.14 bits per heavy atom. The lowest BCUT2D eigenvalue weighted by atomic mass is 9.82. The summed E-state index contributed by atoms with van der Waals surface area (Å²) in [6.07, 6.45) is 0.702. The first kappa shape index (κ1) is 20.2. The van der Waals surface area contributed by atoms with Crippen molar-refractivity contribution in [1.29, 1.82) is 0 Å². The van der Waals surface area contributed by atoms with Gasteiger partial charge in [0.05, 0.1) is 18.5 Å². The highest BCUT2D eigenvalue weighted by atomic mass is 35.5. The summed E-state index contributed by atoms with van der Waals surface area (Å²) in [5, 5.41) is 9.14. The summed E-state index contributed by atoms with van der Waals surface area (Å²) in [7, 11) is 0. The van der Waals surface area contributed by atoms with Crippen molar-refractivity contribution in [3.05, 3.63) is 23.2 Å². The van der Waals surface area contributed by atoms with Crippen LogP contribution in [0.5, 0.6) is 0 Å². The van der Waals surface area contributed by atoms with Gasteiger partial charge in [0.25, 0.3) is 0 Å². The minimum absolute atomic E-state index is 0. The first-order valence-electron chi connectivity index (χ1n) is 6.28. The molecule has 1 atom stereocenters. The molecule has 0 aromatic rings. The van der Waals surface area contributed by atoms with Crippen molar-refractivity contribution >= 4 is 47.4 Å². The predicted octanol–water partition coefficient (Wildman–Crippen LogP) is 1.52. The van der Waals surface area contributed by atoms with Gasteiger partial charge in [0, 0.05) is 23.0 Å². The van der Waals surface area contributed by atoms with Gasteiger partial charge in [-0.05, 0) is 13.0 Å². The highest BCUT2D eigenvalue weighted by Gasteiger charge is 2.42. The van der Waals surface area contributed by atoms with E-state index in [1.54, 1.807) is 0 Å². The topological polar surface area (TPSA) is 70.2 Å². The SMILES string of the molecule is C=C(Cl)CNC(=O)CC1(C(=O)NCC(=C)Cl)CCNC1.Cl. The average molecular weight is 357 g/mol. The average Bonchev–Trinajstić information content (AvgIpc) is 2.83. The first-order chi connectivity index (χ1) is 9.35. The number of nitrogens with one attached hydrogen (secondary N) is 3. The van der Waals surface area contributed by atoms with Gasteiger partial charge in [-0.15, -0.1) is 12.4 Å². The standard InChI is InChI=1S/C13H19Cl2N3O2.ClH/c1-9(14)6-17-11(19)5-13(3-4-16-8-13)12(20)18-7-10(2)15;/h16H,1-8H2,(H,17,19)(H,18,20);1H. The van der Waals surface area contributed by atoms with Crippen LogP contribution in [0.2, 0.25) is 0 Å². The number of hydrogen-bond donors (Lipinski definition) is 3. The number of carbonyl (C=O) groups excluding carboxylic acids is 2. The van der Waals surface area contributed by atoms with Crippen LogP contribution in [0.1, 0.15) is 12.8 Å². The van der Waals surface area contributed by atoms with E-state index < -0.39 is 5.41 Å². The normalized spacial score (nSPS) is 20.3. The summed E-state index contributed by atoms with van der Waals surface area (Å²) in [5.74, 6) is -0.417. The van der Waals surface area contributed by atoms with Gasteiger partial charge in [-0.25, -0.2) is 0 Å². The van der Waals surface area contributed by atoms with Crippen LogP contribution in [0.4, 0.5) is 0 Å². The van der Waals surface area contributed by atoms with Gasteiger partial charge >= 0.3 is 0 Å². The molecular formula is C13H20Cl3N3O2. The summed E-state index contributed by atoms with van der Waals surface area (Å²) >= 11 is 11.2. The second-order valence-corrected chi connectivity index (χ2v) is 5.95. The van der Waals surface area contributed by atoms with E-state index in [-0.39, 0.29) is 43.7 Å². The molecule has 0 aromatic carbocycles. The van der Waals surface area contributed by atoms with Crippen LogP contribution in [-0.2, 0) is 9.59 Å². The van der Waals surface area contributed by atoms with Crippen molar-refractivity contribution in [1.82, 2.24) is 16.0 Å². The lowest BCUT2D eigenvalue weighted by Gasteiger charge is -2.26. The van der Waals surface area contributed by atoms with E-state index >= 15 is 0 Å². The highest BCUT2D eigenvalue weighted by molar-refractivity contribution is 6.29. The third-order valence-electron chi connectivity index (χ3n) is 3.14. The van der Waals surface area contributed by atoms with Crippen molar-refractivity contribution in [2.45, 2.75) is 12.8 Å². The van der Waals surface area contributed by atoms with Crippen LogP contribution in [0.15, 0.2) is 23.2 Å². The maximum absolute atomic E-state index is 12.3. The Morgan fingerprint density at radius 3 is 2.19 bits per heavy atom. The summed E-state index contributed by atoms with van der Waals surface area (Å²) in [6.45, 7) is 8.57. The van der Waals surface area contributed by atoms with E-state index in [1.165, 1.54) is 0 Å². The van der Waals surface area contributed by atoms with Gasteiger partial charge in [0.1, 0.15) is 0 Å². The lowest BCUT2D eigenvalue weighted by molar-refractivity contribution is -0.135. The minimum atomic E-state index is -0.746. The van der Waals surface area contributed by atoms with Gasteiger partial charge in [0.15, 0.2) is 0 Å². The summed E-state index contributed by atoms with van der Waals surface area (Å²) in [5.41, 5.74) is -0.746. The highest BCUT2D eigenvalue weighted by Crippen LogP contribution is 2.30. The van der Waals surface area contributed by atoms with E-state index in [1.807, 2.05) is 0 Å². The zero-order valence-electron chi connectivity index (χ0n) is 11.6. The van der Waals surface area contributed by atoms with E-state index in [2.05, 4.69) is 29.1 Å². The van der Waals surface area contributed by atoms with Crippen LogP contribution in [-0.4, -0.2) is 38.0 Å². The molecule has 120 valence electrons. The molecule has 1 saturated heterocycles. The molecule has 5 nitrogen and oxygen atoms in total. The van der Waals surface area contributed by atoms with Crippen molar-refractivity contribution in [3.8, 4) is 0 Å². The molecule has 1 rings (SSSR count). The Hall–Kier alpha value is -0.750. The van der Waals surface area contributed by atoms with Gasteiger partial charge in [0.2, 0.25) is 11.8 Å². The van der Waals surface area contributed by atoms with Crippen LogP contribution in [0.3, 0.4) is 0 Å². The smallest absolute Gasteiger partial charge is 0.228 e. The molecule has 1 aliphatic heterocycles. The van der Waals surface area contributed by atoms with Gasteiger partial charge in [-0.1, -0.05) is 36.4 Å². The molecule has 8 heteroatoms. The van der Waals surface area contributed by atoms with Gasteiger partial charge in [-0.2, -0.15) is 0 Å². The van der Waals surface area contributed by atoms with E-state index in [0.717, 1.165) is 0 Å². The molecule has 21 heavy (non-hydrogen) atoms. The fourth-order valence-electron chi connectivity index (χ4n) is 2.10. The number of halogens is 3. The second-order valence-electron chi connectivity index (χ2n) is 4.88. The third-order valence-corrected chi connectivity index (χ3v) is 3.41. The molecule has 1 fully saturated rings. The molecule has 2 amide bonds. The van der Waals surface area contributed by atoms with E-state index in [4.69, 9.17) is 23.2 Å². The Bertz CT molecular complexity index is 421. The fourth-order valence-corrected chi connectivity index (χ4v) is 2.23. The number of carbonyl (C=O) groups is 2. The molecule has 1 heterocycles. The molecule has 1 unspecified atom stereocenters. The van der Waals surface area contributed by atoms with Crippen LogP contribution in [0.25, 0.3) is 0 Å². The molecule has 0 aromatic heterocycles. The Kier molecular flexibility index (Phi) is 8.97. The number of hydrogen-bond acceptors (Lipinski definition) is 3. The van der Waals surface area contributed by atoms with Crippen molar-refractivity contribution in [3.63, 3.8) is 0 Å². The van der Waals surface area contributed by atoms with E-state index in [0.29, 0.717) is 29.6 Å². The molecule has 0 saturated carbocycles. The third kappa shape index (κ3) is 6.70. The number of amides is 2. The largest absolute Gasteiger partial charge is 0.351 e. The Morgan fingerprint density at radius 2 is 1.71 bits per heavy atom. The van der Waals surface area contributed by atoms with E-state index in [9.17, 15) is 9.59 Å². The zero-order chi connectivity index (χ0) is 15.2. The van der Waals surface area contributed by atoms with Crippen molar-refractivity contribution in [2.24, 2.45) is 5.41 Å². The molecule has 3 N–H and O–H groups in total. The quantitative estimate of drug-likeness (QED) is 0.648. The fraction of sp³-hybridized carbons (Fsp3) is 0.538. The van der Waals surface area contributed by atoms with Crippen LogP contribution >= 0.6 is 35.6 Å². The first-order valence-corrected chi connectivity index (χ1v) is 7.03. The molecule has 1 aliphatic rings. The summed E-state index contributed by atoms with van der Waals surface area (Å²) in [6, 6.07) is 0. The van der Waals surface area contributed by atoms with Gasteiger partial charge < -0.3 is 16.0 Å². The second kappa shape index (κ2) is 9.30. The monoisotopic (exact) mass is 355 g/mol. The van der Waals surface area contributed by atoms with Crippen LogP contribution in [0, 0.1) is 5.41 Å². The van der Waals surface area contributed by atoms with Crippen LogP contribution < -0.4 is 16.0 Å². The lowest BCUT2D eigenvalue weighted by Crippen LogP contribution is -2.46. The summed E-state index contributed by atoms with van der Waals surface area (Å²) < 4.78 is 0. The van der Waals surface area contributed by atoms with Crippen molar-refractivity contribution in [2.75, 3.05) is 26.2 Å². The molecule has 0 radical (unpaired) electrons. The zero-order valence-corrected chi connectivity index (χ0v) is 14.0. The molecule has 0 bridgehead atoms. The Balaban J connectivity index is 0.00000400. The molecule has 0 spiro atoms. The minimum Gasteiger partial charge on any atom is -0.351 e. The predicted molar refractivity (Wildman–Crippen MR) is 87.8 cm³/mol. The Labute approximate surface area is 140 Å². The number of rotatable bonds is 7. The summed E-state index contributed by atoms with van der Waals surface area (Å²) in [4.78, 5) is 24.2. The molecular weight excluding hydrogens is 337 g/mol. The maximum atomic E-state index is 12.3. The maximum Gasteiger partial charge on any atom is 0.228 e. The van der Waals surface area contributed by atoms with Crippen molar-refractivity contribution < 1.29 is 9.59 Å². The molecule has 0 aliphatic carbocycles. The van der Waals surface area contributed by atoms with Gasteiger partial charge in [-0.3, -0.25) is 9.59 Å².